The van der Waals surface area contributed by atoms with E-state index in [2.05, 4.69) is 9.97 Å². The molecule has 3 heterocycles. The molecule has 1 saturated heterocycles. The predicted molar refractivity (Wildman–Crippen MR) is 138 cm³/mol. The van der Waals surface area contributed by atoms with Gasteiger partial charge in [-0.25, -0.2) is 14.4 Å². The molecule has 0 unspecified atom stereocenters. The summed E-state index contributed by atoms with van der Waals surface area (Å²) in [5.74, 6) is -0.227. The molecule has 2 aromatic carbocycles. The standard InChI is InChI=1S/C28H26FN5O4/c1-38-22-10-6-20(7-11-22)18-34-26-23(3-2-12-30-26)31-25(28(34)37)27(36)33-15-13-32(14-16-33)24(35)17-19-4-8-21(29)9-5-19/h2-12H,13-18H2,1H3. The number of aromatic nitrogens is 3. The average molecular weight is 516 g/mol. The minimum absolute atomic E-state index is 0.0968. The maximum atomic E-state index is 13.5. The summed E-state index contributed by atoms with van der Waals surface area (Å²) in [5, 5.41) is 0. The summed E-state index contributed by atoms with van der Waals surface area (Å²) >= 11 is 0. The first-order valence-corrected chi connectivity index (χ1v) is 12.2. The number of ether oxygens (including phenoxy) is 1. The molecule has 2 amide bonds. The van der Waals surface area contributed by atoms with Crippen LogP contribution in [-0.4, -0.2) is 69.4 Å². The highest BCUT2D eigenvalue weighted by Gasteiger charge is 2.28. The van der Waals surface area contributed by atoms with Crippen LogP contribution in [0.1, 0.15) is 21.6 Å². The van der Waals surface area contributed by atoms with Gasteiger partial charge in [0.2, 0.25) is 5.91 Å². The van der Waals surface area contributed by atoms with Crippen LogP contribution in [0.4, 0.5) is 4.39 Å². The smallest absolute Gasteiger partial charge is 0.284 e. The largest absolute Gasteiger partial charge is 0.497 e. The Morgan fingerprint density at radius 3 is 2.26 bits per heavy atom. The van der Waals surface area contributed by atoms with Crippen molar-refractivity contribution in [2.45, 2.75) is 13.0 Å². The van der Waals surface area contributed by atoms with E-state index in [0.29, 0.717) is 30.0 Å². The number of carbonyl (C=O) groups excluding carboxylic acids is 2. The lowest BCUT2D eigenvalue weighted by Crippen LogP contribution is -2.52. The molecule has 5 rings (SSSR count). The Kier molecular flexibility index (Phi) is 7.12. The summed E-state index contributed by atoms with van der Waals surface area (Å²) in [7, 11) is 1.58. The third-order valence-electron chi connectivity index (χ3n) is 6.59. The monoisotopic (exact) mass is 515 g/mol. The summed E-state index contributed by atoms with van der Waals surface area (Å²) in [4.78, 5) is 51.6. The third kappa shape index (κ3) is 5.24. The van der Waals surface area contributed by atoms with Crippen molar-refractivity contribution in [3.8, 4) is 5.75 Å². The average Bonchev–Trinajstić information content (AvgIpc) is 2.95. The molecule has 0 spiro atoms. The number of hydrogen-bond donors (Lipinski definition) is 0. The highest BCUT2D eigenvalue weighted by Crippen LogP contribution is 2.15. The van der Waals surface area contributed by atoms with E-state index in [0.717, 1.165) is 11.1 Å². The molecule has 194 valence electrons. The van der Waals surface area contributed by atoms with Crippen molar-refractivity contribution in [1.82, 2.24) is 24.3 Å². The van der Waals surface area contributed by atoms with Gasteiger partial charge in [0.15, 0.2) is 11.3 Å². The molecule has 1 fully saturated rings. The van der Waals surface area contributed by atoms with Crippen molar-refractivity contribution in [3.63, 3.8) is 0 Å². The molecule has 1 aliphatic heterocycles. The Bertz CT molecular complexity index is 1530. The van der Waals surface area contributed by atoms with Crippen molar-refractivity contribution in [2.75, 3.05) is 33.3 Å². The molecule has 38 heavy (non-hydrogen) atoms. The summed E-state index contributed by atoms with van der Waals surface area (Å²) in [5.41, 5.74) is 1.70. The molecular weight excluding hydrogens is 489 g/mol. The fourth-order valence-electron chi connectivity index (χ4n) is 4.47. The molecular formula is C28H26FN5O4. The number of carbonyl (C=O) groups is 2. The third-order valence-corrected chi connectivity index (χ3v) is 6.59. The second-order valence-corrected chi connectivity index (χ2v) is 9.02. The molecule has 2 aromatic heterocycles. The first-order valence-electron chi connectivity index (χ1n) is 12.2. The van der Waals surface area contributed by atoms with Gasteiger partial charge in [0, 0.05) is 32.4 Å². The zero-order valence-electron chi connectivity index (χ0n) is 20.8. The topological polar surface area (TPSA) is 97.6 Å². The van der Waals surface area contributed by atoms with Crippen molar-refractivity contribution >= 4 is 23.0 Å². The van der Waals surface area contributed by atoms with E-state index in [1.54, 1.807) is 59.5 Å². The number of halogens is 1. The van der Waals surface area contributed by atoms with E-state index in [1.807, 2.05) is 12.1 Å². The first kappa shape index (κ1) is 25.1. The molecule has 0 aliphatic carbocycles. The van der Waals surface area contributed by atoms with E-state index in [-0.39, 0.29) is 43.5 Å². The fraction of sp³-hybridized carbons (Fsp3) is 0.250. The molecule has 0 radical (unpaired) electrons. The van der Waals surface area contributed by atoms with Crippen LogP contribution in [0.5, 0.6) is 5.75 Å². The normalized spacial score (nSPS) is 13.5. The molecule has 0 N–H and O–H groups in total. The Balaban J connectivity index is 1.33. The summed E-state index contributed by atoms with van der Waals surface area (Å²) in [6, 6.07) is 16.6. The first-order chi connectivity index (χ1) is 18.4. The van der Waals surface area contributed by atoms with Crippen molar-refractivity contribution in [2.24, 2.45) is 0 Å². The highest BCUT2D eigenvalue weighted by molar-refractivity contribution is 5.93. The second kappa shape index (κ2) is 10.8. The van der Waals surface area contributed by atoms with Crippen LogP contribution >= 0.6 is 0 Å². The Morgan fingerprint density at radius 1 is 0.921 bits per heavy atom. The lowest BCUT2D eigenvalue weighted by atomic mass is 10.1. The van der Waals surface area contributed by atoms with Crippen molar-refractivity contribution in [1.29, 1.82) is 0 Å². The Hall–Kier alpha value is -4.60. The fourth-order valence-corrected chi connectivity index (χ4v) is 4.47. The minimum Gasteiger partial charge on any atom is -0.497 e. The second-order valence-electron chi connectivity index (χ2n) is 9.02. The van der Waals surface area contributed by atoms with Gasteiger partial charge in [-0.1, -0.05) is 24.3 Å². The molecule has 0 atom stereocenters. The van der Waals surface area contributed by atoms with E-state index in [4.69, 9.17) is 4.74 Å². The van der Waals surface area contributed by atoms with Gasteiger partial charge in [0.25, 0.3) is 11.5 Å². The highest BCUT2D eigenvalue weighted by atomic mass is 19.1. The zero-order chi connectivity index (χ0) is 26.6. The molecule has 0 saturated carbocycles. The van der Waals surface area contributed by atoms with Gasteiger partial charge >= 0.3 is 0 Å². The van der Waals surface area contributed by atoms with E-state index >= 15 is 0 Å². The maximum Gasteiger partial charge on any atom is 0.284 e. The SMILES string of the molecule is COc1ccc(Cn2c(=O)c(C(=O)N3CCN(C(=O)Cc4ccc(F)cc4)CC3)nc3cccnc32)cc1. The van der Waals surface area contributed by atoms with Gasteiger partial charge in [-0.05, 0) is 47.5 Å². The minimum atomic E-state index is -0.521. The van der Waals surface area contributed by atoms with E-state index < -0.39 is 11.5 Å². The quantitative estimate of drug-likeness (QED) is 0.392. The van der Waals surface area contributed by atoms with Gasteiger partial charge in [-0.3, -0.25) is 19.0 Å². The van der Waals surface area contributed by atoms with Gasteiger partial charge in [0.1, 0.15) is 17.1 Å². The van der Waals surface area contributed by atoms with E-state index in [9.17, 15) is 18.8 Å². The van der Waals surface area contributed by atoms with Gasteiger partial charge < -0.3 is 14.5 Å². The number of methoxy groups -OCH3 is 1. The van der Waals surface area contributed by atoms with E-state index in [1.165, 1.54) is 16.7 Å². The van der Waals surface area contributed by atoms with Crippen LogP contribution in [0, 0.1) is 5.82 Å². The maximum absolute atomic E-state index is 13.5. The van der Waals surface area contributed by atoms with Gasteiger partial charge in [0.05, 0.1) is 20.1 Å². The summed E-state index contributed by atoms with van der Waals surface area (Å²) in [6.07, 6.45) is 1.74. The van der Waals surface area contributed by atoms with Crippen molar-refractivity contribution < 1.29 is 18.7 Å². The van der Waals surface area contributed by atoms with Crippen LogP contribution in [0.15, 0.2) is 71.7 Å². The number of hydrogen-bond acceptors (Lipinski definition) is 6. The Morgan fingerprint density at radius 2 is 1.58 bits per heavy atom. The number of benzene rings is 2. The molecule has 4 aromatic rings. The number of piperazine rings is 1. The van der Waals surface area contributed by atoms with Crippen LogP contribution in [0.25, 0.3) is 11.2 Å². The van der Waals surface area contributed by atoms with Crippen molar-refractivity contribution in [3.05, 3.63) is 99.9 Å². The number of amides is 2. The van der Waals surface area contributed by atoms with Crippen LogP contribution in [0.2, 0.25) is 0 Å². The van der Waals surface area contributed by atoms with Gasteiger partial charge in [-0.2, -0.15) is 0 Å². The molecule has 9 nitrogen and oxygen atoms in total. The number of rotatable bonds is 6. The number of nitrogens with zero attached hydrogens (tertiary/aromatic N) is 5. The number of fused-ring (bicyclic) bond motifs is 1. The lowest BCUT2D eigenvalue weighted by Gasteiger charge is -2.34. The zero-order valence-corrected chi connectivity index (χ0v) is 20.8. The van der Waals surface area contributed by atoms with Crippen LogP contribution in [-0.2, 0) is 17.8 Å². The molecule has 1 aliphatic rings. The van der Waals surface area contributed by atoms with Crippen LogP contribution in [0.3, 0.4) is 0 Å². The number of pyridine rings is 1. The van der Waals surface area contributed by atoms with Gasteiger partial charge in [-0.15, -0.1) is 0 Å². The van der Waals surface area contributed by atoms with Crippen LogP contribution < -0.4 is 10.3 Å². The molecule has 10 heteroatoms. The molecule has 0 bridgehead atoms. The lowest BCUT2D eigenvalue weighted by molar-refractivity contribution is -0.131. The summed E-state index contributed by atoms with van der Waals surface area (Å²) in [6.45, 7) is 1.43. The predicted octanol–water partition coefficient (Wildman–Crippen LogP) is 2.51. The summed E-state index contributed by atoms with van der Waals surface area (Å²) < 4.78 is 19.8. The Labute approximate surface area is 218 Å².